The van der Waals surface area contributed by atoms with Crippen LogP contribution in [0.3, 0.4) is 0 Å². The van der Waals surface area contributed by atoms with Gasteiger partial charge in [-0.15, -0.1) is 5.10 Å². The maximum Gasteiger partial charge on any atom is 0.244 e. The highest BCUT2D eigenvalue weighted by Gasteiger charge is 2.20. The van der Waals surface area contributed by atoms with Gasteiger partial charge in [-0.2, -0.15) is 0 Å². The molecule has 0 unspecified atom stereocenters. The summed E-state index contributed by atoms with van der Waals surface area (Å²) in [6, 6.07) is 3.86. The minimum Gasteiger partial charge on any atom is -0.493 e. The molecule has 9 nitrogen and oxygen atoms in total. The van der Waals surface area contributed by atoms with Crippen LogP contribution in [0.25, 0.3) is 6.08 Å². The molecule has 1 saturated carbocycles. The van der Waals surface area contributed by atoms with Gasteiger partial charge in [0.2, 0.25) is 11.7 Å². The Morgan fingerprint density at radius 3 is 2.45 bits per heavy atom. The average molecular weight is 401 g/mol. The summed E-state index contributed by atoms with van der Waals surface area (Å²) in [5.74, 6) is 1.99. The van der Waals surface area contributed by atoms with Crippen LogP contribution in [0.2, 0.25) is 0 Å². The smallest absolute Gasteiger partial charge is 0.244 e. The number of methoxy groups -OCH3 is 3. The third kappa shape index (κ3) is 5.04. The Morgan fingerprint density at radius 1 is 1.14 bits per heavy atom. The van der Waals surface area contributed by atoms with E-state index in [4.69, 9.17) is 14.2 Å². The first kappa shape index (κ1) is 20.6. The topological polar surface area (TPSA) is 100 Å². The number of rotatable bonds is 8. The Balaban J connectivity index is 1.63. The van der Waals surface area contributed by atoms with Crippen molar-refractivity contribution in [1.82, 2.24) is 25.5 Å². The van der Waals surface area contributed by atoms with Gasteiger partial charge in [0.25, 0.3) is 0 Å². The van der Waals surface area contributed by atoms with Crippen molar-refractivity contribution in [3.8, 4) is 17.2 Å². The van der Waals surface area contributed by atoms with Crippen molar-refractivity contribution in [3.05, 3.63) is 29.6 Å². The van der Waals surface area contributed by atoms with Gasteiger partial charge in [-0.05, 0) is 47.0 Å². The monoisotopic (exact) mass is 401 g/mol. The SMILES string of the molecule is COc1cc(/C=C/C(=O)NCc2nnnn2C2CCCCC2)cc(OC)c1OC. The quantitative estimate of drug-likeness (QED) is 0.678. The zero-order chi connectivity index (χ0) is 20.6. The zero-order valence-corrected chi connectivity index (χ0v) is 17.1. The van der Waals surface area contributed by atoms with E-state index in [9.17, 15) is 4.79 Å². The normalized spacial score (nSPS) is 14.7. The van der Waals surface area contributed by atoms with Gasteiger partial charge in [0, 0.05) is 6.08 Å². The third-order valence-corrected chi connectivity index (χ3v) is 5.02. The van der Waals surface area contributed by atoms with Crippen molar-refractivity contribution >= 4 is 12.0 Å². The lowest BCUT2D eigenvalue weighted by molar-refractivity contribution is -0.116. The predicted molar refractivity (Wildman–Crippen MR) is 107 cm³/mol. The van der Waals surface area contributed by atoms with E-state index in [-0.39, 0.29) is 12.5 Å². The van der Waals surface area contributed by atoms with Crippen LogP contribution in [0, 0.1) is 0 Å². The lowest BCUT2D eigenvalue weighted by Gasteiger charge is -2.22. The molecule has 0 aliphatic heterocycles. The fraction of sp³-hybridized carbons (Fsp3) is 0.500. The highest BCUT2D eigenvalue weighted by atomic mass is 16.5. The molecule has 1 N–H and O–H groups in total. The molecule has 156 valence electrons. The molecule has 3 rings (SSSR count). The second-order valence-electron chi connectivity index (χ2n) is 6.84. The minimum absolute atomic E-state index is 0.239. The average Bonchev–Trinajstić information content (AvgIpc) is 3.24. The molecule has 0 bridgehead atoms. The molecule has 0 atom stereocenters. The number of nitrogens with zero attached hydrogens (tertiary/aromatic N) is 4. The summed E-state index contributed by atoms with van der Waals surface area (Å²) in [5.41, 5.74) is 0.752. The number of benzene rings is 1. The Hall–Kier alpha value is -3.10. The van der Waals surface area contributed by atoms with Crippen molar-refractivity contribution in [3.63, 3.8) is 0 Å². The lowest BCUT2D eigenvalue weighted by Crippen LogP contribution is -2.25. The minimum atomic E-state index is -0.239. The first-order chi connectivity index (χ1) is 14.2. The fourth-order valence-corrected chi connectivity index (χ4v) is 3.53. The van der Waals surface area contributed by atoms with E-state index in [1.165, 1.54) is 25.3 Å². The van der Waals surface area contributed by atoms with E-state index >= 15 is 0 Å². The second kappa shape index (κ2) is 9.90. The van der Waals surface area contributed by atoms with E-state index in [0.717, 1.165) is 18.4 Å². The standard InChI is InChI=1S/C20H27N5O4/c1-27-16-11-14(12-17(28-2)20(16)29-3)9-10-19(26)21-13-18-22-23-24-25(18)15-7-5-4-6-8-15/h9-12,15H,4-8,13H2,1-3H3,(H,21,26)/b10-9+. The van der Waals surface area contributed by atoms with E-state index in [2.05, 4.69) is 20.8 Å². The van der Waals surface area contributed by atoms with Gasteiger partial charge in [-0.1, -0.05) is 19.3 Å². The number of nitrogens with one attached hydrogen (secondary N) is 1. The molecular weight excluding hydrogens is 374 g/mol. The molecule has 1 fully saturated rings. The van der Waals surface area contributed by atoms with E-state index in [1.807, 2.05) is 4.68 Å². The van der Waals surface area contributed by atoms with E-state index in [1.54, 1.807) is 39.5 Å². The molecule has 9 heteroatoms. The molecule has 2 aromatic rings. The van der Waals surface area contributed by atoms with Crippen LogP contribution in [-0.4, -0.2) is 47.4 Å². The van der Waals surface area contributed by atoms with Crippen LogP contribution in [-0.2, 0) is 11.3 Å². The number of amides is 1. The predicted octanol–water partition coefficient (Wildman–Crippen LogP) is 2.53. The van der Waals surface area contributed by atoms with Crippen LogP contribution in [0.15, 0.2) is 18.2 Å². The molecule has 1 aliphatic rings. The summed E-state index contributed by atoms with van der Waals surface area (Å²) in [4.78, 5) is 12.3. The molecule has 1 aromatic heterocycles. The molecule has 1 aromatic carbocycles. The Morgan fingerprint density at radius 2 is 1.83 bits per heavy atom. The van der Waals surface area contributed by atoms with Crippen LogP contribution >= 0.6 is 0 Å². The molecular formula is C20H27N5O4. The highest BCUT2D eigenvalue weighted by Crippen LogP contribution is 2.38. The summed E-state index contributed by atoms with van der Waals surface area (Å²) < 4.78 is 17.8. The van der Waals surface area contributed by atoms with Crippen molar-refractivity contribution in [2.45, 2.75) is 44.7 Å². The van der Waals surface area contributed by atoms with Crippen LogP contribution in [0.4, 0.5) is 0 Å². The Labute approximate surface area is 170 Å². The van der Waals surface area contributed by atoms with Crippen LogP contribution in [0.5, 0.6) is 17.2 Å². The first-order valence-corrected chi connectivity index (χ1v) is 9.69. The Kier molecular flexibility index (Phi) is 7.04. The summed E-state index contributed by atoms with van der Waals surface area (Å²) in [6.45, 7) is 0.280. The summed E-state index contributed by atoms with van der Waals surface area (Å²) >= 11 is 0. The molecule has 0 spiro atoms. The highest BCUT2D eigenvalue weighted by molar-refractivity contribution is 5.91. The van der Waals surface area contributed by atoms with Gasteiger partial charge in [0.15, 0.2) is 17.3 Å². The number of hydrogen-bond acceptors (Lipinski definition) is 7. The van der Waals surface area contributed by atoms with Crippen molar-refractivity contribution in [2.75, 3.05) is 21.3 Å². The van der Waals surface area contributed by atoms with Gasteiger partial charge in [0.05, 0.1) is 33.9 Å². The van der Waals surface area contributed by atoms with Crippen LogP contribution in [0.1, 0.15) is 49.5 Å². The lowest BCUT2D eigenvalue weighted by atomic mass is 9.95. The number of tetrazole rings is 1. The number of hydrogen-bond donors (Lipinski definition) is 1. The molecule has 0 radical (unpaired) electrons. The van der Waals surface area contributed by atoms with Crippen molar-refractivity contribution in [2.24, 2.45) is 0 Å². The van der Waals surface area contributed by atoms with Gasteiger partial charge < -0.3 is 19.5 Å². The second-order valence-corrected chi connectivity index (χ2v) is 6.84. The maximum absolute atomic E-state index is 12.3. The van der Waals surface area contributed by atoms with Crippen LogP contribution < -0.4 is 19.5 Å². The van der Waals surface area contributed by atoms with Crippen molar-refractivity contribution < 1.29 is 19.0 Å². The summed E-state index contributed by atoms with van der Waals surface area (Å²) in [5, 5.41) is 14.8. The van der Waals surface area contributed by atoms with E-state index in [0.29, 0.717) is 29.1 Å². The Bertz CT molecular complexity index is 833. The summed E-state index contributed by atoms with van der Waals surface area (Å²) in [6.07, 6.45) is 8.93. The number of carbonyl (C=O) groups excluding carboxylic acids is 1. The largest absolute Gasteiger partial charge is 0.493 e. The van der Waals surface area contributed by atoms with Gasteiger partial charge in [-0.25, -0.2) is 4.68 Å². The molecule has 1 aliphatic carbocycles. The molecule has 1 amide bonds. The number of aromatic nitrogens is 4. The number of carbonyl (C=O) groups is 1. The van der Waals surface area contributed by atoms with Crippen molar-refractivity contribution in [1.29, 1.82) is 0 Å². The fourth-order valence-electron chi connectivity index (χ4n) is 3.53. The van der Waals surface area contributed by atoms with Gasteiger partial charge in [-0.3, -0.25) is 4.79 Å². The van der Waals surface area contributed by atoms with E-state index < -0.39 is 0 Å². The zero-order valence-electron chi connectivity index (χ0n) is 17.1. The maximum atomic E-state index is 12.3. The molecule has 1 heterocycles. The summed E-state index contributed by atoms with van der Waals surface area (Å²) in [7, 11) is 4.65. The molecule has 0 saturated heterocycles. The molecule has 29 heavy (non-hydrogen) atoms. The third-order valence-electron chi connectivity index (χ3n) is 5.02. The first-order valence-electron chi connectivity index (χ1n) is 9.69. The van der Waals surface area contributed by atoms with Gasteiger partial charge >= 0.3 is 0 Å². The van der Waals surface area contributed by atoms with Gasteiger partial charge in [0.1, 0.15) is 0 Å². The number of ether oxygens (including phenoxy) is 3.